The van der Waals surface area contributed by atoms with E-state index >= 15 is 0 Å². The number of aromatic hydroxyl groups is 1. The van der Waals surface area contributed by atoms with Gasteiger partial charge in [0, 0.05) is 0 Å². The molecular weight excluding hydrogens is 232 g/mol. The van der Waals surface area contributed by atoms with E-state index in [0.717, 1.165) is 24.0 Å². The second kappa shape index (κ2) is 5.24. The van der Waals surface area contributed by atoms with Crippen molar-refractivity contribution in [3.63, 3.8) is 0 Å². The van der Waals surface area contributed by atoms with Crippen molar-refractivity contribution < 1.29 is 5.11 Å². The van der Waals surface area contributed by atoms with Gasteiger partial charge in [-0.05, 0) is 35.6 Å². The fraction of sp³-hybridized carbons (Fsp3) is 0.200. The first-order chi connectivity index (χ1) is 8.20. The molecule has 1 N–H and O–H groups in total. The first-order valence-electron chi connectivity index (χ1n) is 5.75. The minimum atomic E-state index is 0.214. The normalized spacial score (nSPS) is 10.5. The summed E-state index contributed by atoms with van der Waals surface area (Å²) in [6.07, 6.45) is 1.63. The predicted octanol–water partition coefficient (Wildman–Crippen LogP) is 4.20. The Hall–Kier alpha value is -1.47. The van der Waals surface area contributed by atoms with E-state index in [1.807, 2.05) is 37.3 Å². The molecule has 0 heterocycles. The summed E-state index contributed by atoms with van der Waals surface area (Å²) in [5, 5.41) is 10.2. The van der Waals surface area contributed by atoms with Gasteiger partial charge >= 0.3 is 0 Å². The van der Waals surface area contributed by atoms with E-state index in [2.05, 4.69) is 12.1 Å². The zero-order chi connectivity index (χ0) is 12.3. The minimum absolute atomic E-state index is 0.214. The van der Waals surface area contributed by atoms with E-state index in [4.69, 9.17) is 11.6 Å². The molecule has 2 heteroatoms. The molecule has 0 bridgehead atoms. The summed E-state index contributed by atoms with van der Waals surface area (Å²) in [6.45, 7) is 2.01. The van der Waals surface area contributed by atoms with Gasteiger partial charge in [0.15, 0.2) is 0 Å². The number of hydrogen-bond donors (Lipinski definition) is 1. The van der Waals surface area contributed by atoms with Crippen LogP contribution in [0.15, 0.2) is 42.5 Å². The second-order valence-electron chi connectivity index (χ2n) is 4.10. The Labute approximate surface area is 107 Å². The van der Waals surface area contributed by atoms with Gasteiger partial charge in [-0.2, -0.15) is 0 Å². The van der Waals surface area contributed by atoms with E-state index in [1.54, 1.807) is 0 Å². The van der Waals surface area contributed by atoms with Gasteiger partial charge in [-0.3, -0.25) is 0 Å². The molecule has 0 aliphatic heterocycles. The van der Waals surface area contributed by atoms with Gasteiger partial charge in [0.2, 0.25) is 0 Å². The van der Waals surface area contributed by atoms with Crippen LogP contribution in [0.3, 0.4) is 0 Å². The van der Waals surface area contributed by atoms with Crippen LogP contribution in [0.2, 0.25) is 5.02 Å². The zero-order valence-electron chi connectivity index (χ0n) is 9.78. The molecule has 17 heavy (non-hydrogen) atoms. The molecule has 0 radical (unpaired) electrons. The molecule has 0 atom stereocenters. The van der Waals surface area contributed by atoms with E-state index in [-0.39, 0.29) is 5.75 Å². The molecule has 0 aliphatic carbocycles. The Morgan fingerprint density at radius 3 is 2.41 bits per heavy atom. The highest BCUT2D eigenvalue weighted by molar-refractivity contribution is 6.32. The number of hydrogen-bond acceptors (Lipinski definition) is 1. The number of halogens is 1. The van der Waals surface area contributed by atoms with Gasteiger partial charge in [0.1, 0.15) is 5.75 Å². The monoisotopic (exact) mass is 246 g/mol. The van der Waals surface area contributed by atoms with Crippen molar-refractivity contribution in [2.45, 2.75) is 19.8 Å². The van der Waals surface area contributed by atoms with E-state index in [0.29, 0.717) is 5.02 Å². The topological polar surface area (TPSA) is 20.2 Å². The SMILES string of the molecule is CCc1cc(Cc2ccccc2)cc(Cl)c1O. The van der Waals surface area contributed by atoms with E-state index in [9.17, 15) is 5.11 Å². The third-order valence-corrected chi connectivity index (χ3v) is 3.12. The minimum Gasteiger partial charge on any atom is -0.506 e. The van der Waals surface area contributed by atoms with Crippen molar-refractivity contribution in [1.29, 1.82) is 0 Å². The molecule has 1 nitrogen and oxygen atoms in total. The standard InChI is InChI=1S/C15H15ClO/c1-2-13-9-12(10-14(16)15(13)17)8-11-6-4-3-5-7-11/h3-7,9-10,17H,2,8H2,1H3. The number of rotatable bonds is 3. The van der Waals surface area contributed by atoms with Crippen LogP contribution in [-0.2, 0) is 12.8 Å². The third kappa shape index (κ3) is 2.80. The fourth-order valence-corrected chi connectivity index (χ4v) is 2.18. The summed E-state index contributed by atoms with van der Waals surface area (Å²) in [5.41, 5.74) is 3.29. The van der Waals surface area contributed by atoms with Gasteiger partial charge in [-0.1, -0.05) is 54.9 Å². The van der Waals surface area contributed by atoms with Crippen molar-refractivity contribution in [2.75, 3.05) is 0 Å². The van der Waals surface area contributed by atoms with Crippen molar-refractivity contribution >= 4 is 11.6 Å². The molecule has 88 valence electrons. The fourth-order valence-electron chi connectivity index (χ4n) is 1.92. The Bertz CT molecular complexity index is 506. The van der Waals surface area contributed by atoms with E-state index in [1.165, 1.54) is 5.56 Å². The molecule has 0 aromatic heterocycles. The van der Waals surface area contributed by atoms with Crippen LogP contribution < -0.4 is 0 Å². The van der Waals surface area contributed by atoms with E-state index < -0.39 is 0 Å². The van der Waals surface area contributed by atoms with Crippen LogP contribution in [0.1, 0.15) is 23.6 Å². The Balaban J connectivity index is 2.31. The predicted molar refractivity (Wildman–Crippen MR) is 71.7 cm³/mol. The third-order valence-electron chi connectivity index (χ3n) is 2.83. The summed E-state index contributed by atoms with van der Waals surface area (Å²) in [6, 6.07) is 14.1. The lowest BCUT2D eigenvalue weighted by Crippen LogP contribution is -1.91. The molecular formula is C15H15ClO. The van der Waals surface area contributed by atoms with Crippen LogP contribution >= 0.6 is 11.6 Å². The lowest BCUT2D eigenvalue weighted by atomic mass is 10.0. The Morgan fingerprint density at radius 2 is 1.76 bits per heavy atom. The van der Waals surface area contributed by atoms with Gasteiger partial charge < -0.3 is 5.11 Å². The second-order valence-corrected chi connectivity index (χ2v) is 4.51. The van der Waals surface area contributed by atoms with Gasteiger partial charge in [0.05, 0.1) is 5.02 Å². The summed E-state index contributed by atoms with van der Waals surface area (Å²) in [7, 11) is 0. The molecule has 0 spiro atoms. The van der Waals surface area contributed by atoms with Crippen molar-refractivity contribution in [3.8, 4) is 5.75 Å². The largest absolute Gasteiger partial charge is 0.506 e. The maximum atomic E-state index is 9.76. The number of aryl methyl sites for hydroxylation is 1. The lowest BCUT2D eigenvalue weighted by molar-refractivity contribution is 0.469. The summed E-state index contributed by atoms with van der Waals surface area (Å²) < 4.78 is 0. The molecule has 0 fully saturated rings. The molecule has 0 saturated carbocycles. The lowest BCUT2D eigenvalue weighted by Gasteiger charge is -2.08. The smallest absolute Gasteiger partial charge is 0.137 e. The van der Waals surface area contributed by atoms with Crippen molar-refractivity contribution in [1.82, 2.24) is 0 Å². The van der Waals surface area contributed by atoms with Gasteiger partial charge in [-0.15, -0.1) is 0 Å². The van der Waals surface area contributed by atoms with Crippen LogP contribution in [0, 0.1) is 0 Å². The van der Waals surface area contributed by atoms with Gasteiger partial charge in [0.25, 0.3) is 0 Å². The average molecular weight is 247 g/mol. The Kier molecular flexibility index (Phi) is 3.70. The van der Waals surface area contributed by atoms with Crippen LogP contribution in [0.5, 0.6) is 5.75 Å². The maximum Gasteiger partial charge on any atom is 0.137 e. The molecule has 2 rings (SSSR count). The summed E-state index contributed by atoms with van der Waals surface area (Å²) in [4.78, 5) is 0. The van der Waals surface area contributed by atoms with Crippen molar-refractivity contribution in [3.05, 3.63) is 64.2 Å². The van der Waals surface area contributed by atoms with Crippen molar-refractivity contribution in [2.24, 2.45) is 0 Å². The van der Waals surface area contributed by atoms with Gasteiger partial charge in [-0.25, -0.2) is 0 Å². The Morgan fingerprint density at radius 1 is 1.06 bits per heavy atom. The molecule has 0 unspecified atom stereocenters. The summed E-state index contributed by atoms with van der Waals surface area (Å²) >= 11 is 6.01. The maximum absolute atomic E-state index is 9.76. The quantitative estimate of drug-likeness (QED) is 0.861. The highest BCUT2D eigenvalue weighted by Gasteiger charge is 2.07. The van der Waals surface area contributed by atoms with Crippen LogP contribution in [-0.4, -0.2) is 5.11 Å². The zero-order valence-corrected chi connectivity index (χ0v) is 10.5. The first kappa shape index (κ1) is 12.0. The number of benzene rings is 2. The highest BCUT2D eigenvalue weighted by Crippen LogP contribution is 2.30. The highest BCUT2D eigenvalue weighted by atomic mass is 35.5. The first-order valence-corrected chi connectivity index (χ1v) is 6.12. The molecule has 2 aromatic carbocycles. The van der Waals surface area contributed by atoms with Crippen LogP contribution in [0.4, 0.5) is 0 Å². The molecule has 2 aromatic rings. The average Bonchev–Trinajstić information content (AvgIpc) is 2.35. The summed E-state index contributed by atoms with van der Waals surface area (Å²) in [5.74, 6) is 0.214. The molecule has 0 aliphatic rings. The number of phenols is 1. The molecule has 0 amide bonds. The van der Waals surface area contributed by atoms with Crippen LogP contribution in [0.25, 0.3) is 0 Å². The molecule has 0 saturated heterocycles. The number of phenolic OH excluding ortho intramolecular Hbond substituents is 1.